The third-order valence-electron chi connectivity index (χ3n) is 3.42. The molecule has 0 radical (unpaired) electrons. The highest BCUT2D eigenvalue weighted by Gasteiger charge is 2.13. The van der Waals surface area contributed by atoms with Crippen molar-refractivity contribution < 1.29 is 13.2 Å². The number of thiophene rings is 1. The fraction of sp³-hybridized carbons (Fsp3) is 0.188. The van der Waals surface area contributed by atoms with Gasteiger partial charge in [-0.25, -0.2) is 13.1 Å². The van der Waals surface area contributed by atoms with Gasteiger partial charge in [0.05, 0.1) is 23.4 Å². The lowest BCUT2D eigenvalue weighted by Crippen LogP contribution is -2.27. The van der Waals surface area contributed by atoms with E-state index in [0.29, 0.717) is 12.3 Å². The Kier molecular flexibility index (Phi) is 4.98. The minimum atomic E-state index is -3.54. The van der Waals surface area contributed by atoms with Gasteiger partial charge in [-0.1, -0.05) is 6.07 Å². The number of benzene rings is 1. The summed E-state index contributed by atoms with van der Waals surface area (Å²) in [6, 6.07) is 12.2. The zero-order chi connectivity index (χ0) is 17.0. The summed E-state index contributed by atoms with van der Waals surface area (Å²) >= 11 is 1.62. The molecule has 0 saturated carbocycles. The Morgan fingerprint density at radius 3 is 2.67 bits per heavy atom. The Labute approximate surface area is 144 Å². The molecule has 126 valence electrons. The van der Waals surface area contributed by atoms with E-state index >= 15 is 0 Å². The SMILES string of the molecule is COc1ccc(S(=O)(=O)NCCn2ccc(-c3cccs3)n2)cc1. The molecule has 0 fully saturated rings. The molecular formula is C16H17N3O3S2. The van der Waals surface area contributed by atoms with Crippen molar-refractivity contribution in [3.63, 3.8) is 0 Å². The minimum absolute atomic E-state index is 0.211. The number of nitrogens with one attached hydrogen (secondary N) is 1. The molecule has 0 spiro atoms. The molecular weight excluding hydrogens is 346 g/mol. The molecule has 1 aromatic carbocycles. The molecule has 0 atom stereocenters. The number of nitrogens with zero attached hydrogens (tertiary/aromatic N) is 2. The number of ether oxygens (including phenoxy) is 1. The van der Waals surface area contributed by atoms with E-state index in [1.807, 2.05) is 29.8 Å². The van der Waals surface area contributed by atoms with Crippen molar-refractivity contribution in [3.05, 3.63) is 54.0 Å². The summed E-state index contributed by atoms with van der Waals surface area (Å²) in [5.41, 5.74) is 0.892. The molecule has 3 aromatic rings. The van der Waals surface area contributed by atoms with Crippen LogP contribution >= 0.6 is 11.3 Å². The van der Waals surface area contributed by atoms with Crippen LogP contribution in [-0.4, -0.2) is 31.9 Å². The van der Waals surface area contributed by atoms with E-state index in [0.717, 1.165) is 10.6 Å². The fourth-order valence-electron chi connectivity index (χ4n) is 2.17. The van der Waals surface area contributed by atoms with E-state index in [1.165, 1.54) is 19.2 Å². The van der Waals surface area contributed by atoms with Gasteiger partial charge in [-0.15, -0.1) is 11.3 Å². The smallest absolute Gasteiger partial charge is 0.240 e. The Balaban J connectivity index is 1.59. The van der Waals surface area contributed by atoms with Gasteiger partial charge < -0.3 is 4.74 Å². The van der Waals surface area contributed by atoms with Gasteiger partial charge >= 0.3 is 0 Å². The van der Waals surface area contributed by atoms with Crippen molar-refractivity contribution in [1.82, 2.24) is 14.5 Å². The number of hydrogen-bond donors (Lipinski definition) is 1. The maximum absolute atomic E-state index is 12.2. The quantitative estimate of drug-likeness (QED) is 0.700. The van der Waals surface area contributed by atoms with Crippen LogP contribution in [0.4, 0.5) is 0 Å². The number of sulfonamides is 1. The van der Waals surface area contributed by atoms with E-state index in [4.69, 9.17) is 4.74 Å². The molecule has 6 nitrogen and oxygen atoms in total. The van der Waals surface area contributed by atoms with Crippen molar-refractivity contribution in [2.45, 2.75) is 11.4 Å². The van der Waals surface area contributed by atoms with E-state index in [9.17, 15) is 8.42 Å². The third kappa shape index (κ3) is 3.84. The predicted octanol–water partition coefficient (Wildman–Crippen LogP) is 2.60. The summed E-state index contributed by atoms with van der Waals surface area (Å²) in [5.74, 6) is 0.617. The summed E-state index contributed by atoms with van der Waals surface area (Å²) < 4.78 is 33.8. The van der Waals surface area contributed by atoms with Crippen LogP contribution in [0.5, 0.6) is 5.75 Å². The Bertz CT molecular complexity index is 885. The summed E-state index contributed by atoms with van der Waals surface area (Å²) in [4.78, 5) is 1.30. The van der Waals surface area contributed by atoms with Gasteiger partial charge in [-0.3, -0.25) is 4.68 Å². The first-order chi connectivity index (χ1) is 11.6. The second kappa shape index (κ2) is 7.16. The number of hydrogen-bond acceptors (Lipinski definition) is 5. The lowest BCUT2D eigenvalue weighted by Gasteiger charge is -2.07. The fourth-order valence-corrected chi connectivity index (χ4v) is 3.89. The van der Waals surface area contributed by atoms with Crippen LogP contribution in [0.25, 0.3) is 10.6 Å². The predicted molar refractivity (Wildman–Crippen MR) is 93.7 cm³/mol. The summed E-state index contributed by atoms with van der Waals surface area (Å²) in [5, 5.41) is 6.44. The molecule has 2 aromatic heterocycles. The van der Waals surface area contributed by atoms with Crippen molar-refractivity contribution in [3.8, 4) is 16.3 Å². The highest BCUT2D eigenvalue weighted by molar-refractivity contribution is 7.89. The Hall–Kier alpha value is -2.16. The van der Waals surface area contributed by atoms with Crippen molar-refractivity contribution in [1.29, 1.82) is 0 Å². The van der Waals surface area contributed by atoms with Gasteiger partial charge in [0, 0.05) is 12.7 Å². The minimum Gasteiger partial charge on any atom is -0.497 e. The molecule has 0 aliphatic heterocycles. The van der Waals surface area contributed by atoms with Crippen molar-refractivity contribution in [2.24, 2.45) is 0 Å². The molecule has 0 saturated heterocycles. The highest BCUT2D eigenvalue weighted by Crippen LogP contribution is 2.22. The first kappa shape index (κ1) is 16.7. The molecule has 0 unspecified atom stereocenters. The zero-order valence-corrected chi connectivity index (χ0v) is 14.7. The summed E-state index contributed by atoms with van der Waals surface area (Å²) in [6.07, 6.45) is 1.84. The van der Waals surface area contributed by atoms with E-state index < -0.39 is 10.0 Å². The second-order valence-electron chi connectivity index (χ2n) is 5.01. The number of aromatic nitrogens is 2. The molecule has 2 heterocycles. The van der Waals surface area contributed by atoms with Crippen LogP contribution in [0.3, 0.4) is 0 Å². The third-order valence-corrected chi connectivity index (χ3v) is 5.79. The molecule has 24 heavy (non-hydrogen) atoms. The number of methoxy groups -OCH3 is 1. The normalized spacial score (nSPS) is 11.5. The topological polar surface area (TPSA) is 73.2 Å². The molecule has 0 bridgehead atoms. The van der Waals surface area contributed by atoms with Gasteiger partial charge in [0.1, 0.15) is 11.4 Å². The second-order valence-corrected chi connectivity index (χ2v) is 7.73. The van der Waals surface area contributed by atoms with Crippen molar-refractivity contribution >= 4 is 21.4 Å². The van der Waals surface area contributed by atoms with Crippen LogP contribution < -0.4 is 9.46 Å². The maximum atomic E-state index is 12.2. The molecule has 0 amide bonds. The van der Waals surface area contributed by atoms with Gasteiger partial charge in [0.15, 0.2) is 0 Å². The summed E-state index contributed by atoms with van der Waals surface area (Å²) in [6.45, 7) is 0.723. The average Bonchev–Trinajstić information content (AvgIpc) is 3.26. The highest BCUT2D eigenvalue weighted by atomic mass is 32.2. The molecule has 8 heteroatoms. The van der Waals surface area contributed by atoms with E-state index in [-0.39, 0.29) is 11.4 Å². The first-order valence-electron chi connectivity index (χ1n) is 7.29. The van der Waals surface area contributed by atoms with Crippen LogP contribution in [0.15, 0.2) is 58.9 Å². The lowest BCUT2D eigenvalue weighted by molar-refractivity contribution is 0.414. The van der Waals surface area contributed by atoms with Crippen LogP contribution in [0.1, 0.15) is 0 Å². The van der Waals surface area contributed by atoms with Crippen LogP contribution in [-0.2, 0) is 16.6 Å². The van der Waals surface area contributed by atoms with Gasteiger partial charge in [0.25, 0.3) is 0 Å². The zero-order valence-electron chi connectivity index (χ0n) is 13.0. The molecule has 0 aliphatic rings. The summed E-state index contributed by atoms with van der Waals surface area (Å²) in [7, 11) is -2.00. The van der Waals surface area contributed by atoms with Crippen LogP contribution in [0.2, 0.25) is 0 Å². The largest absolute Gasteiger partial charge is 0.497 e. The van der Waals surface area contributed by atoms with Crippen LogP contribution in [0, 0.1) is 0 Å². The molecule has 1 N–H and O–H groups in total. The maximum Gasteiger partial charge on any atom is 0.240 e. The Morgan fingerprint density at radius 1 is 1.21 bits per heavy atom. The number of rotatable bonds is 7. The standard InChI is InChI=1S/C16H17N3O3S2/c1-22-13-4-6-14(7-5-13)24(20,21)17-9-11-19-10-8-15(18-19)16-3-2-12-23-16/h2-8,10,12,17H,9,11H2,1H3. The monoisotopic (exact) mass is 363 g/mol. The lowest BCUT2D eigenvalue weighted by atomic mass is 10.3. The molecule has 3 rings (SSSR count). The van der Waals surface area contributed by atoms with Gasteiger partial charge in [-0.05, 0) is 41.8 Å². The van der Waals surface area contributed by atoms with Crippen molar-refractivity contribution in [2.75, 3.05) is 13.7 Å². The average molecular weight is 363 g/mol. The molecule has 0 aliphatic carbocycles. The van der Waals surface area contributed by atoms with E-state index in [2.05, 4.69) is 9.82 Å². The Morgan fingerprint density at radius 2 is 2.00 bits per heavy atom. The van der Waals surface area contributed by atoms with E-state index in [1.54, 1.807) is 28.2 Å². The van der Waals surface area contributed by atoms with Gasteiger partial charge in [0.2, 0.25) is 10.0 Å². The first-order valence-corrected chi connectivity index (χ1v) is 9.66. The van der Waals surface area contributed by atoms with Gasteiger partial charge in [-0.2, -0.15) is 5.10 Å².